The maximum atomic E-state index is 5.46. The third-order valence-electron chi connectivity index (χ3n) is 3.61. The van der Waals surface area contributed by atoms with Crippen LogP contribution in [-0.2, 0) is 4.84 Å². The number of hydrogen-bond donors (Lipinski definition) is 1. The van der Waals surface area contributed by atoms with Gasteiger partial charge in [0.15, 0.2) is 5.84 Å². The van der Waals surface area contributed by atoms with E-state index in [0.29, 0.717) is 6.61 Å². The number of nitrogens with zero attached hydrogens (tertiary/aromatic N) is 3. The first-order chi connectivity index (χ1) is 9.42. The normalized spacial score (nSPS) is 24.6. The molecule has 3 heterocycles. The van der Waals surface area contributed by atoms with Crippen molar-refractivity contribution in [1.29, 1.82) is 0 Å². The minimum absolute atomic E-state index is 0.217. The second-order valence-electron chi connectivity index (χ2n) is 5.15. The molecule has 3 rings (SSSR count). The van der Waals surface area contributed by atoms with Gasteiger partial charge in [-0.25, -0.2) is 5.48 Å². The Morgan fingerprint density at radius 1 is 1.32 bits per heavy atom. The van der Waals surface area contributed by atoms with E-state index in [9.17, 15) is 0 Å². The first-order valence-corrected chi connectivity index (χ1v) is 7.00. The molecule has 1 atom stereocenters. The van der Waals surface area contributed by atoms with Gasteiger partial charge in [-0.05, 0) is 38.1 Å². The lowest BCUT2D eigenvalue weighted by atomic mass is 10.1. The van der Waals surface area contributed by atoms with Crippen LogP contribution < -0.4 is 5.48 Å². The summed E-state index contributed by atoms with van der Waals surface area (Å²) in [5, 5.41) is 0. The van der Waals surface area contributed by atoms with Crippen LogP contribution in [0.4, 0.5) is 0 Å². The van der Waals surface area contributed by atoms with Gasteiger partial charge in [-0.3, -0.25) is 14.8 Å². The van der Waals surface area contributed by atoms with Gasteiger partial charge in [-0.1, -0.05) is 6.42 Å². The molecule has 1 N–H and O–H groups in total. The van der Waals surface area contributed by atoms with E-state index in [1.54, 1.807) is 12.4 Å². The molecule has 0 saturated carbocycles. The molecule has 1 saturated heterocycles. The Morgan fingerprint density at radius 2 is 2.21 bits per heavy atom. The predicted molar refractivity (Wildman–Crippen MR) is 73.9 cm³/mol. The molecule has 1 fully saturated rings. The fourth-order valence-electron chi connectivity index (χ4n) is 2.62. The summed E-state index contributed by atoms with van der Waals surface area (Å²) >= 11 is 0. The zero-order chi connectivity index (χ0) is 12.9. The number of hydroxylamine groups is 1. The lowest BCUT2D eigenvalue weighted by Crippen LogP contribution is -2.43. The Hall–Kier alpha value is -1.46. The highest BCUT2D eigenvalue weighted by atomic mass is 16.6. The summed E-state index contributed by atoms with van der Waals surface area (Å²) in [6.07, 6.45) is 7.55. The van der Waals surface area contributed by atoms with Crippen molar-refractivity contribution >= 4 is 5.84 Å². The number of aromatic nitrogens is 1. The topological polar surface area (TPSA) is 49.8 Å². The maximum absolute atomic E-state index is 5.46. The van der Waals surface area contributed by atoms with Crippen molar-refractivity contribution in [2.24, 2.45) is 4.99 Å². The minimum Gasteiger partial charge on any atom is -0.301 e. The molecule has 0 unspecified atom stereocenters. The van der Waals surface area contributed by atoms with Crippen LogP contribution in [0.5, 0.6) is 0 Å². The minimum atomic E-state index is 0.217. The van der Waals surface area contributed by atoms with Crippen LogP contribution in [0.2, 0.25) is 0 Å². The molecule has 5 nitrogen and oxygen atoms in total. The summed E-state index contributed by atoms with van der Waals surface area (Å²) in [7, 11) is 0. The number of likely N-dealkylation sites (tertiary alicyclic amines) is 1. The van der Waals surface area contributed by atoms with Crippen LogP contribution in [0.3, 0.4) is 0 Å². The lowest BCUT2D eigenvalue weighted by Gasteiger charge is -2.30. The molecule has 0 bridgehead atoms. The number of pyridine rings is 1. The second kappa shape index (κ2) is 6.12. The molecule has 102 valence electrons. The molecule has 2 aliphatic rings. The smallest absolute Gasteiger partial charge is 0.154 e. The zero-order valence-electron chi connectivity index (χ0n) is 11.1. The Morgan fingerprint density at radius 3 is 3.00 bits per heavy atom. The Balaban J connectivity index is 1.66. The third kappa shape index (κ3) is 3.30. The molecular weight excluding hydrogens is 240 g/mol. The van der Waals surface area contributed by atoms with Crippen molar-refractivity contribution < 1.29 is 4.84 Å². The van der Waals surface area contributed by atoms with E-state index in [4.69, 9.17) is 9.83 Å². The van der Waals surface area contributed by atoms with Crippen LogP contribution in [0.25, 0.3) is 0 Å². The number of hydrogen-bond acceptors (Lipinski definition) is 5. The van der Waals surface area contributed by atoms with E-state index < -0.39 is 0 Å². The molecule has 1 aromatic heterocycles. The first kappa shape index (κ1) is 12.6. The average molecular weight is 260 g/mol. The van der Waals surface area contributed by atoms with Crippen LogP contribution in [0.1, 0.15) is 24.8 Å². The molecule has 0 amide bonds. The van der Waals surface area contributed by atoms with Gasteiger partial charge in [0.05, 0.1) is 12.6 Å². The SMILES string of the molecule is c1cncc(C2=N[C@@H](CN3CCCCC3)CON2)c1. The van der Waals surface area contributed by atoms with Crippen LogP contribution in [0.15, 0.2) is 29.5 Å². The summed E-state index contributed by atoms with van der Waals surface area (Å²) in [5.74, 6) is 0.793. The lowest BCUT2D eigenvalue weighted by molar-refractivity contribution is 0.0513. The quantitative estimate of drug-likeness (QED) is 0.887. The first-order valence-electron chi connectivity index (χ1n) is 7.00. The van der Waals surface area contributed by atoms with Gasteiger partial charge >= 0.3 is 0 Å². The van der Waals surface area contributed by atoms with E-state index in [1.165, 1.54) is 32.4 Å². The van der Waals surface area contributed by atoms with Gasteiger partial charge in [-0.2, -0.15) is 0 Å². The Kier molecular flexibility index (Phi) is 4.05. The van der Waals surface area contributed by atoms with Crippen molar-refractivity contribution in [3.8, 4) is 0 Å². The van der Waals surface area contributed by atoms with Crippen LogP contribution in [-0.4, -0.2) is 48.0 Å². The van der Waals surface area contributed by atoms with Crippen molar-refractivity contribution in [1.82, 2.24) is 15.4 Å². The van der Waals surface area contributed by atoms with E-state index in [2.05, 4.69) is 15.4 Å². The van der Waals surface area contributed by atoms with E-state index in [1.807, 2.05) is 12.1 Å². The molecule has 1 aromatic rings. The molecule has 5 heteroatoms. The van der Waals surface area contributed by atoms with Gasteiger partial charge in [0.1, 0.15) is 0 Å². The van der Waals surface area contributed by atoms with Crippen molar-refractivity contribution in [3.63, 3.8) is 0 Å². The number of aliphatic imine (C=N–C) groups is 1. The van der Waals surface area contributed by atoms with Crippen LogP contribution in [0, 0.1) is 0 Å². The summed E-state index contributed by atoms with van der Waals surface area (Å²) in [5.41, 5.74) is 3.87. The Labute approximate surface area is 113 Å². The summed E-state index contributed by atoms with van der Waals surface area (Å²) in [4.78, 5) is 16.8. The molecule has 0 spiro atoms. The number of amidine groups is 1. The Bertz CT molecular complexity index is 428. The van der Waals surface area contributed by atoms with Gasteiger partial charge in [0, 0.05) is 24.5 Å². The van der Waals surface area contributed by atoms with Crippen molar-refractivity contribution in [2.45, 2.75) is 25.3 Å². The number of rotatable bonds is 3. The van der Waals surface area contributed by atoms with Gasteiger partial charge < -0.3 is 4.90 Å². The van der Waals surface area contributed by atoms with Gasteiger partial charge in [0.25, 0.3) is 0 Å². The highest BCUT2D eigenvalue weighted by molar-refractivity contribution is 5.98. The average Bonchev–Trinajstić information content (AvgIpc) is 2.49. The standard InChI is InChI=1S/C14H20N4O/c1-2-7-18(8-3-1)10-13-11-19-17-14(16-13)12-5-4-6-15-9-12/h4-6,9,13H,1-3,7-8,10-11H2,(H,16,17)/t13-/m0/s1. The summed E-state index contributed by atoms with van der Waals surface area (Å²) in [6.45, 7) is 4.02. The van der Waals surface area contributed by atoms with Crippen molar-refractivity contribution in [2.75, 3.05) is 26.2 Å². The third-order valence-corrected chi connectivity index (χ3v) is 3.61. The number of nitrogens with one attached hydrogen (secondary N) is 1. The zero-order valence-corrected chi connectivity index (χ0v) is 11.1. The molecule has 0 radical (unpaired) electrons. The molecule has 19 heavy (non-hydrogen) atoms. The highest BCUT2D eigenvalue weighted by Gasteiger charge is 2.20. The molecule has 0 aromatic carbocycles. The number of piperidine rings is 1. The maximum Gasteiger partial charge on any atom is 0.154 e. The highest BCUT2D eigenvalue weighted by Crippen LogP contribution is 2.12. The second-order valence-corrected chi connectivity index (χ2v) is 5.15. The largest absolute Gasteiger partial charge is 0.301 e. The molecular formula is C14H20N4O. The van der Waals surface area contributed by atoms with Gasteiger partial charge in [0.2, 0.25) is 0 Å². The van der Waals surface area contributed by atoms with Crippen LogP contribution >= 0.6 is 0 Å². The van der Waals surface area contributed by atoms with E-state index in [0.717, 1.165) is 17.9 Å². The fraction of sp³-hybridized carbons (Fsp3) is 0.571. The summed E-state index contributed by atoms with van der Waals surface area (Å²) in [6, 6.07) is 4.12. The summed E-state index contributed by atoms with van der Waals surface area (Å²) < 4.78 is 0. The van der Waals surface area contributed by atoms with E-state index in [-0.39, 0.29) is 6.04 Å². The molecule has 0 aliphatic carbocycles. The molecule has 2 aliphatic heterocycles. The van der Waals surface area contributed by atoms with Gasteiger partial charge in [-0.15, -0.1) is 0 Å². The monoisotopic (exact) mass is 260 g/mol. The fourth-order valence-corrected chi connectivity index (χ4v) is 2.62. The van der Waals surface area contributed by atoms with Crippen molar-refractivity contribution in [3.05, 3.63) is 30.1 Å². The predicted octanol–water partition coefficient (Wildman–Crippen LogP) is 1.22. The van der Waals surface area contributed by atoms with E-state index >= 15 is 0 Å².